The molecule has 2 aliphatic carbocycles. The van der Waals surface area contributed by atoms with Crippen LogP contribution in [-0.2, 0) is 0 Å². The van der Waals surface area contributed by atoms with Gasteiger partial charge in [0.15, 0.2) is 0 Å². The van der Waals surface area contributed by atoms with Gasteiger partial charge in [0.25, 0.3) is 0 Å². The summed E-state index contributed by atoms with van der Waals surface area (Å²) < 4.78 is 0. The molecular formula is C14H26N2. The highest BCUT2D eigenvalue weighted by molar-refractivity contribution is 5.13. The van der Waals surface area contributed by atoms with Gasteiger partial charge in [-0.1, -0.05) is 20.8 Å². The number of hydrogen-bond acceptors (Lipinski definition) is 2. The van der Waals surface area contributed by atoms with Crippen molar-refractivity contribution in [3.63, 3.8) is 0 Å². The lowest BCUT2D eigenvalue weighted by atomic mass is 9.68. The van der Waals surface area contributed by atoms with Crippen molar-refractivity contribution in [1.82, 2.24) is 10.2 Å². The maximum atomic E-state index is 3.47. The second-order valence-corrected chi connectivity index (χ2v) is 6.91. The third kappa shape index (κ3) is 1.26. The zero-order valence-electron chi connectivity index (χ0n) is 11.1. The number of hydrogen-bond donors (Lipinski definition) is 1. The van der Waals surface area contributed by atoms with Crippen LogP contribution in [0, 0.1) is 16.7 Å². The fourth-order valence-corrected chi connectivity index (χ4v) is 4.71. The fraction of sp³-hybridized carbons (Fsp3) is 1.00. The minimum atomic E-state index is 0.572. The summed E-state index contributed by atoms with van der Waals surface area (Å²) in [5.74, 6) is 0.984. The SMILES string of the molecule is CC1(C)[C@H]2CC[C@@]1(C)[C@H](N1CCNCC1)C2. The van der Waals surface area contributed by atoms with Crippen LogP contribution in [-0.4, -0.2) is 37.1 Å². The molecule has 0 unspecified atom stereocenters. The zero-order valence-corrected chi connectivity index (χ0v) is 11.1. The highest BCUT2D eigenvalue weighted by Gasteiger charge is 2.62. The Kier molecular flexibility index (Phi) is 2.38. The average molecular weight is 222 g/mol. The fourth-order valence-electron chi connectivity index (χ4n) is 4.71. The summed E-state index contributed by atoms with van der Waals surface area (Å²) >= 11 is 0. The summed E-state index contributed by atoms with van der Waals surface area (Å²) in [6, 6.07) is 0.864. The van der Waals surface area contributed by atoms with E-state index in [0.29, 0.717) is 10.8 Å². The molecule has 0 spiro atoms. The van der Waals surface area contributed by atoms with Crippen LogP contribution in [0.15, 0.2) is 0 Å². The predicted octanol–water partition coefficient (Wildman–Crippen LogP) is 2.11. The van der Waals surface area contributed by atoms with E-state index in [4.69, 9.17) is 0 Å². The Morgan fingerprint density at radius 1 is 1.12 bits per heavy atom. The molecule has 1 N–H and O–H groups in total. The van der Waals surface area contributed by atoms with Gasteiger partial charge < -0.3 is 5.32 Å². The summed E-state index contributed by atoms with van der Waals surface area (Å²) in [4.78, 5) is 2.78. The Bertz CT molecular complexity index is 280. The summed E-state index contributed by atoms with van der Waals surface area (Å²) in [6.07, 6.45) is 4.40. The van der Waals surface area contributed by atoms with Gasteiger partial charge in [0.2, 0.25) is 0 Å². The zero-order chi connectivity index (χ0) is 11.4. The second-order valence-electron chi connectivity index (χ2n) is 6.91. The van der Waals surface area contributed by atoms with Crippen molar-refractivity contribution >= 4 is 0 Å². The number of nitrogens with one attached hydrogen (secondary N) is 1. The van der Waals surface area contributed by atoms with Gasteiger partial charge in [0.1, 0.15) is 0 Å². The molecule has 92 valence electrons. The summed E-state index contributed by atoms with van der Waals surface area (Å²) in [6.45, 7) is 12.5. The number of rotatable bonds is 1. The van der Waals surface area contributed by atoms with Crippen molar-refractivity contribution in [3.05, 3.63) is 0 Å². The molecule has 2 bridgehead atoms. The molecule has 3 rings (SSSR count). The van der Waals surface area contributed by atoms with E-state index in [0.717, 1.165) is 12.0 Å². The maximum Gasteiger partial charge on any atom is 0.0158 e. The van der Waals surface area contributed by atoms with Crippen molar-refractivity contribution in [2.45, 2.75) is 46.1 Å². The van der Waals surface area contributed by atoms with E-state index in [2.05, 4.69) is 31.0 Å². The van der Waals surface area contributed by atoms with Crippen LogP contribution < -0.4 is 5.32 Å². The summed E-state index contributed by atoms with van der Waals surface area (Å²) in [5, 5.41) is 3.47. The molecule has 3 aliphatic rings. The van der Waals surface area contributed by atoms with Crippen LogP contribution in [0.5, 0.6) is 0 Å². The first-order chi connectivity index (χ1) is 7.56. The van der Waals surface area contributed by atoms with E-state index in [1.54, 1.807) is 0 Å². The van der Waals surface area contributed by atoms with Crippen molar-refractivity contribution in [1.29, 1.82) is 0 Å². The van der Waals surface area contributed by atoms with E-state index < -0.39 is 0 Å². The predicted molar refractivity (Wildman–Crippen MR) is 67.5 cm³/mol. The molecule has 0 aromatic heterocycles. The first-order valence-corrected chi connectivity index (χ1v) is 7.00. The minimum Gasteiger partial charge on any atom is -0.314 e. The van der Waals surface area contributed by atoms with Crippen molar-refractivity contribution < 1.29 is 0 Å². The Labute approximate surface area is 99.8 Å². The molecule has 2 nitrogen and oxygen atoms in total. The molecule has 0 aromatic rings. The van der Waals surface area contributed by atoms with Gasteiger partial charge in [-0.2, -0.15) is 0 Å². The van der Waals surface area contributed by atoms with Crippen LogP contribution in [0.2, 0.25) is 0 Å². The lowest BCUT2D eigenvalue weighted by Gasteiger charge is -2.46. The Morgan fingerprint density at radius 2 is 1.81 bits per heavy atom. The smallest absolute Gasteiger partial charge is 0.0158 e. The first-order valence-electron chi connectivity index (χ1n) is 7.00. The Hall–Kier alpha value is -0.0800. The van der Waals surface area contributed by atoms with Crippen molar-refractivity contribution in [2.24, 2.45) is 16.7 Å². The topological polar surface area (TPSA) is 15.3 Å². The van der Waals surface area contributed by atoms with Crippen molar-refractivity contribution in [3.8, 4) is 0 Å². The van der Waals surface area contributed by atoms with Gasteiger partial charge in [0.05, 0.1) is 0 Å². The van der Waals surface area contributed by atoms with Gasteiger partial charge >= 0.3 is 0 Å². The molecule has 0 aromatic carbocycles. The third-order valence-corrected chi connectivity index (χ3v) is 6.34. The maximum absolute atomic E-state index is 3.47. The van der Waals surface area contributed by atoms with Crippen LogP contribution in [0.4, 0.5) is 0 Å². The monoisotopic (exact) mass is 222 g/mol. The molecule has 3 atom stereocenters. The van der Waals surface area contributed by atoms with Crippen LogP contribution >= 0.6 is 0 Å². The quantitative estimate of drug-likeness (QED) is 0.731. The highest BCUT2D eigenvalue weighted by Crippen LogP contribution is 2.66. The van der Waals surface area contributed by atoms with Gasteiger partial charge in [-0.15, -0.1) is 0 Å². The largest absolute Gasteiger partial charge is 0.314 e. The van der Waals surface area contributed by atoms with Crippen LogP contribution in [0.25, 0.3) is 0 Å². The normalized spacial score (nSPS) is 47.4. The lowest BCUT2D eigenvalue weighted by molar-refractivity contribution is 0.0363. The molecule has 3 fully saturated rings. The molecule has 0 radical (unpaired) electrons. The molecule has 1 heterocycles. The molecule has 0 amide bonds. The van der Waals surface area contributed by atoms with E-state index in [9.17, 15) is 0 Å². The van der Waals surface area contributed by atoms with Crippen LogP contribution in [0.3, 0.4) is 0 Å². The number of fused-ring (bicyclic) bond motifs is 2. The number of nitrogens with zero attached hydrogens (tertiary/aromatic N) is 1. The molecular weight excluding hydrogens is 196 g/mol. The van der Waals surface area contributed by atoms with E-state index in [-0.39, 0.29) is 0 Å². The molecule has 2 heteroatoms. The molecule has 1 saturated heterocycles. The Morgan fingerprint density at radius 3 is 2.31 bits per heavy atom. The van der Waals surface area contributed by atoms with Crippen molar-refractivity contribution in [2.75, 3.05) is 26.2 Å². The third-order valence-electron chi connectivity index (χ3n) is 6.34. The van der Waals surface area contributed by atoms with Crippen LogP contribution in [0.1, 0.15) is 40.0 Å². The molecule has 1 aliphatic heterocycles. The van der Waals surface area contributed by atoms with E-state index in [1.165, 1.54) is 45.4 Å². The Balaban J connectivity index is 1.83. The van der Waals surface area contributed by atoms with Gasteiger partial charge in [-0.3, -0.25) is 4.90 Å². The molecule has 16 heavy (non-hydrogen) atoms. The standard InChI is InChI=1S/C14H26N2/c1-13(2)11-4-5-14(13,3)12(10-11)16-8-6-15-7-9-16/h11-12,15H,4-10H2,1-3H3/t11-,12+,14-/m0/s1. The summed E-state index contributed by atoms with van der Waals surface area (Å²) in [5.41, 5.74) is 1.15. The van der Waals surface area contributed by atoms with Gasteiger partial charge in [-0.25, -0.2) is 0 Å². The van der Waals surface area contributed by atoms with Gasteiger partial charge in [0, 0.05) is 32.2 Å². The van der Waals surface area contributed by atoms with E-state index in [1.807, 2.05) is 0 Å². The lowest BCUT2D eigenvalue weighted by Crippen LogP contribution is -2.54. The van der Waals surface area contributed by atoms with E-state index >= 15 is 0 Å². The first kappa shape index (κ1) is 11.0. The second kappa shape index (κ2) is 3.46. The summed E-state index contributed by atoms with van der Waals surface area (Å²) in [7, 11) is 0. The average Bonchev–Trinajstić information content (AvgIpc) is 2.62. The number of piperazine rings is 1. The minimum absolute atomic E-state index is 0.572. The highest BCUT2D eigenvalue weighted by atomic mass is 15.2. The van der Waals surface area contributed by atoms with Gasteiger partial charge in [-0.05, 0) is 36.0 Å². The molecule has 2 saturated carbocycles.